The molecule has 1 aliphatic heterocycles. The highest BCUT2D eigenvalue weighted by Crippen LogP contribution is 2.11. The zero-order valence-corrected chi connectivity index (χ0v) is 13.4. The van der Waals surface area contributed by atoms with Crippen LogP contribution in [0, 0.1) is 0 Å². The summed E-state index contributed by atoms with van der Waals surface area (Å²) in [6.07, 6.45) is 6.77. The van der Waals surface area contributed by atoms with E-state index in [4.69, 9.17) is 0 Å². The molecule has 1 aromatic carbocycles. The number of hydrogen-bond acceptors (Lipinski definition) is 3. The Morgan fingerprint density at radius 3 is 2.91 bits per heavy atom. The molecule has 23 heavy (non-hydrogen) atoms. The van der Waals surface area contributed by atoms with Gasteiger partial charge in [0.15, 0.2) is 0 Å². The number of hydrogen-bond donors (Lipinski definition) is 1. The summed E-state index contributed by atoms with van der Waals surface area (Å²) < 4.78 is 1.66. The molecule has 1 aromatic heterocycles. The molecular formula is C18H24N4O. The van der Waals surface area contributed by atoms with Crippen LogP contribution in [-0.2, 0) is 17.8 Å². The van der Waals surface area contributed by atoms with E-state index < -0.39 is 0 Å². The number of aromatic nitrogens is 2. The molecule has 0 bridgehead atoms. The number of benzene rings is 1. The van der Waals surface area contributed by atoms with E-state index in [0.717, 1.165) is 38.9 Å². The van der Waals surface area contributed by atoms with Gasteiger partial charge in [0.05, 0.1) is 0 Å². The highest BCUT2D eigenvalue weighted by atomic mass is 16.2. The van der Waals surface area contributed by atoms with Gasteiger partial charge in [0.1, 0.15) is 6.54 Å². The molecule has 0 radical (unpaired) electrons. The van der Waals surface area contributed by atoms with Gasteiger partial charge in [-0.25, -0.2) is 0 Å². The summed E-state index contributed by atoms with van der Waals surface area (Å²) in [5.74, 6) is 0.0450. The highest BCUT2D eigenvalue weighted by Gasteiger charge is 2.21. The lowest BCUT2D eigenvalue weighted by atomic mass is 10.0. The number of carbonyl (C=O) groups is 1. The third-order valence-corrected chi connectivity index (χ3v) is 4.29. The van der Waals surface area contributed by atoms with Crippen molar-refractivity contribution in [2.45, 2.75) is 31.8 Å². The van der Waals surface area contributed by atoms with Crippen LogP contribution in [0.2, 0.25) is 0 Å². The van der Waals surface area contributed by atoms with Gasteiger partial charge < -0.3 is 10.2 Å². The van der Waals surface area contributed by atoms with Crippen LogP contribution in [0.4, 0.5) is 0 Å². The summed E-state index contributed by atoms with van der Waals surface area (Å²) in [6, 6.07) is 12.7. The molecule has 1 fully saturated rings. The molecule has 1 N–H and O–H groups in total. The van der Waals surface area contributed by atoms with Crippen molar-refractivity contribution in [2.24, 2.45) is 0 Å². The Balaban J connectivity index is 1.43. The van der Waals surface area contributed by atoms with Gasteiger partial charge in [0.25, 0.3) is 0 Å². The van der Waals surface area contributed by atoms with Crippen molar-refractivity contribution in [1.82, 2.24) is 20.0 Å². The van der Waals surface area contributed by atoms with Crippen molar-refractivity contribution in [3.63, 3.8) is 0 Å². The lowest BCUT2D eigenvalue weighted by Gasteiger charge is -2.33. The molecule has 122 valence electrons. The molecule has 5 nitrogen and oxygen atoms in total. The topological polar surface area (TPSA) is 50.2 Å². The molecule has 0 saturated carbocycles. The smallest absolute Gasteiger partial charge is 0.241 e. The van der Waals surface area contributed by atoms with Crippen LogP contribution in [-0.4, -0.2) is 46.3 Å². The molecule has 2 heterocycles. The summed E-state index contributed by atoms with van der Waals surface area (Å²) >= 11 is 0. The molecule has 5 heteroatoms. The second-order valence-corrected chi connectivity index (χ2v) is 6.15. The second-order valence-electron chi connectivity index (χ2n) is 6.15. The fraction of sp³-hybridized carbons (Fsp3) is 0.444. The number of carbonyl (C=O) groups excluding carboxylic acids is 1. The van der Waals surface area contributed by atoms with Gasteiger partial charge in [-0.3, -0.25) is 9.48 Å². The number of likely N-dealkylation sites (tertiary alicyclic amines) is 1. The molecule has 0 spiro atoms. The predicted molar refractivity (Wildman–Crippen MR) is 90.0 cm³/mol. The maximum atomic E-state index is 12.1. The van der Waals surface area contributed by atoms with E-state index in [1.807, 2.05) is 12.3 Å². The summed E-state index contributed by atoms with van der Waals surface area (Å²) in [6.45, 7) is 3.42. The molecule has 1 aliphatic rings. The Morgan fingerprint density at radius 1 is 1.26 bits per heavy atom. The zero-order valence-electron chi connectivity index (χ0n) is 13.4. The van der Waals surface area contributed by atoms with Gasteiger partial charge in [-0.05, 0) is 37.4 Å². The average Bonchev–Trinajstić information content (AvgIpc) is 3.07. The minimum Gasteiger partial charge on any atom is -0.350 e. The first-order valence-electron chi connectivity index (χ1n) is 8.33. The van der Waals surface area contributed by atoms with E-state index >= 15 is 0 Å². The van der Waals surface area contributed by atoms with Crippen molar-refractivity contribution in [3.8, 4) is 0 Å². The Hall–Kier alpha value is -2.14. The van der Waals surface area contributed by atoms with E-state index in [1.165, 1.54) is 5.56 Å². The number of rotatable bonds is 6. The molecule has 2 aromatic rings. The first kappa shape index (κ1) is 15.7. The third kappa shape index (κ3) is 4.93. The quantitative estimate of drug-likeness (QED) is 0.883. The number of nitrogens with one attached hydrogen (secondary N) is 1. The fourth-order valence-corrected chi connectivity index (χ4v) is 3.12. The lowest BCUT2D eigenvalue weighted by molar-refractivity contribution is -0.122. The molecule has 0 aliphatic carbocycles. The number of amides is 1. The maximum Gasteiger partial charge on any atom is 0.241 e. The number of piperidine rings is 1. The zero-order chi connectivity index (χ0) is 15.9. The van der Waals surface area contributed by atoms with Crippen LogP contribution < -0.4 is 5.32 Å². The van der Waals surface area contributed by atoms with Crippen molar-refractivity contribution in [2.75, 3.05) is 19.6 Å². The van der Waals surface area contributed by atoms with Crippen LogP contribution in [0.3, 0.4) is 0 Å². The third-order valence-electron chi connectivity index (χ3n) is 4.29. The van der Waals surface area contributed by atoms with Gasteiger partial charge in [-0.2, -0.15) is 5.10 Å². The van der Waals surface area contributed by atoms with Crippen molar-refractivity contribution in [3.05, 3.63) is 54.4 Å². The first-order chi connectivity index (χ1) is 11.3. The second kappa shape index (κ2) is 7.92. The Kier molecular flexibility index (Phi) is 5.42. The maximum absolute atomic E-state index is 12.1. The van der Waals surface area contributed by atoms with Crippen molar-refractivity contribution in [1.29, 1.82) is 0 Å². The summed E-state index contributed by atoms with van der Waals surface area (Å²) in [7, 11) is 0. The molecule has 1 amide bonds. The molecular weight excluding hydrogens is 288 g/mol. The largest absolute Gasteiger partial charge is 0.350 e. The van der Waals surface area contributed by atoms with E-state index in [9.17, 15) is 4.79 Å². The molecule has 1 atom stereocenters. The monoisotopic (exact) mass is 312 g/mol. The first-order valence-corrected chi connectivity index (χ1v) is 8.33. The predicted octanol–water partition coefficient (Wildman–Crippen LogP) is 1.71. The minimum absolute atomic E-state index is 0.0450. The Bertz CT molecular complexity index is 597. The van der Waals surface area contributed by atoms with Crippen molar-refractivity contribution >= 4 is 5.91 Å². The normalized spacial score (nSPS) is 18.7. The van der Waals surface area contributed by atoms with E-state index in [1.54, 1.807) is 10.9 Å². The van der Waals surface area contributed by atoms with Crippen molar-refractivity contribution < 1.29 is 4.79 Å². The number of nitrogens with zero attached hydrogens (tertiary/aromatic N) is 3. The summed E-state index contributed by atoms with van der Waals surface area (Å²) in [4.78, 5) is 14.5. The van der Waals surface area contributed by atoms with Gasteiger partial charge in [-0.15, -0.1) is 0 Å². The SMILES string of the molecule is O=C(Cn1cccn1)N[C@H]1CCCN(CCc2ccccc2)C1. The van der Waals surface area contributed by atoms with Crippen LogP contribution in [0.15, 0.2) is 48.8 Å². The van der Waals surface area contributed by atoms with Crippen LogP contribution in [0.25, 0.3) is 0 Å². The van der Waals surface area contributed by atoms with Gasteiger partial charge in [0, 0.05) is 31.5 Å². The van der Waals surface area contributed by atoms with Gasteiger partial charge in [-0.1, -0.05) is 30.3 Å². The molecule has 0 unspecified atom stereocenters. The Morgan fingerprint density at radius 2 is 2.13 bits per heavy atom. The molecule has 3 rings (SSSR count). The van der Waals surface area contributed by atoms with Crippen LogP contribution in [0.1, 0.15) is 18.4 Å². The fourth-order valence-electron chi connectivity index (χ4n) is 3.12. The van der Waals surface area contributed by atoms with E-state index in [-0.39, 0.29) is 11.9 Å². The standard InChI is InChI=1S/C18H24N4O/c23-18(15-22-12-5-10-19-22)20-17-8-4-11-21(14-17)13-9-16-6-2-1-3-7-16/h1-3,5-7,10,12,17H,4,8-9,11,13-15H2,(H,20,23)/t17-/m0/s1. The minimum atomic E-state index is 0.0450. The van der Waals surface area contributed by atoms with E-state index in [2.05, 4.69) is 45.6 Å². The Labute approximate surface area is 137 Å². The van der Waals surface area contributed by atoms with Crippen LogP contribution >= 0.6 is 0 Å². The van der Waals surface area contributed by atoms with Crippen LogP contribution in [0.5, 0.6) is 0 Å². The van der Waals surface area contributed by atoms with E-state index in [0.29, 0.717) is 6.54 Å². The summed E-state index contributed by atoms with van der Waals surface area (Å²) in [5.41, 5.74) is 1.37. The average molecular weight is 312 g/mol. The molecule has 1 saturated heterocycles. The highest BCUT2D eigenvalue weighted by molar-refractivity contribution is 5.75. The van der Waals surface area contributed by atoms with Gasteiger partial charge in [0.2, 0.25) is 5.91 Å². The van der Waals surface area contributed by atoms with Gasteiger partial charge >= 0.3 is 0 Å². The summed E-state index contributed by atoms with van der Waals surface area (Å²) in [5, 5.41) is 7.22. The lowest BCUT2D eigenvalue weighted by Crippen LogP contribution is -2.48.